The summed E-state index contributed by atoms with van der Waals surface area (Å²) in [6.07, 6.45) is 4.87. The van der Waals surface area contributed by atoms with Crippen molar-refractivity contribution in [3.8, 4) is 0 Å². The average molecular weight is 223 g/mol. The van der Waals surface area contributed by atoms with Gasteiger partial charge >= 0.3 is 0 Å². The number of nitrogens with zero attached hydrogens (tertiary/aromatic N) is 3. The van der Waals surface area contributed by atoms with Crippen LogP contribution in [0.15, 0.2) is 12.4 Å². The number of hydrogen-bond donors (Lipinski definition) is 0. The van der Waals surface area contributed by atoms with Crippen molar-refractivity contribution in [1.82, 2.24) is 9.97 Å². The number of aryl methyl sites for hydroxylation is 1. The van der Waals surface area contributed by atoms with E-state index in [0.29, 0.717) is 0 Å². The van der Waals surface area contributed by atoms with Gasteiger partial charge in [0, 0.05) is 13.1 Å². The lowest BCUT2D eigenvalue weighted by atomic mass is 10.4. The van der Waals surface area contributed by atoms with Crippen molar-refractivity contribution in [2.75, 3.05) is 31.2 Å². The minimum Gasteiger partial charge on any atom is -0.378 e. The lowest BCUT2D eigenvalue weighted by Gasteiger charge is -2.27. The van der Waals surface area contributed by atoms with Crippen molar-refractivity contribution in [2.24, 2.45) is 0 Å². The monoisotopic (exact) mass is 223 g/mol. The van der Waals surface area contributed by atoms with Gasteiger partial charge in [0.05, 0.1) is 31.3 Å². The zero-order valence-electron chi connectivity index (χ0n) is 10.4. The van der Waals surface area contributed by atoms with E-state index in [1.807, 2.05) is 13.1 Å². The third kappa shape index (κ3) is 4.14. The van der Waals surface area contributed by atoms with Crippen LogP contribution in [0.3, 0.4) is 0 Å². The Hall–Kier alpha value is -1.16. The summed E-state index contributed by atoms with van der Waals surface area (Å²) in [5.74, 6) is 0.953. The highest BCUT2D eigenvalue weighted by Gasteiger charge is 2.11. The highest BCUT2D eigenvalue weighted by atomic mass is 16.5. The van der Waals surface area contributed by atoms with Crippen LogP contribution in [-0.4, -0.2) is 36.3 Å². The minimum absolute atomic E-state index is 0.787. The molecule has 90 valence electrons. The van der Waals surface area contributed by atoms with Crippen molar-refractivity contribution in [2.45, 2.75) is 27.2 Å². The van der Waals surface area contributed by atoms with Gasteiger partial charge in [-0.25, -0.2) is 4.98 Å². The molecule has 1 aromatic heterocycles. The normalized spacial score (nSPS) is 15.3. The van der Waals surface area contributed by atoms with Crippen molar-refractivity contribution in [3.63, 3.8) is 0 Å². The van der Waals surface area contributed by atoms with E-state index in [9.17, 15) is 0 Å². The van der Waals surface area contributed by atoms with Crippen LogP contribution in [0.5, 0.6) is 0 Å². The summed E-state index contributed by atoms with van der Waals surface area (Å²) < 4.78 is 5.26. The summed E-state index contributed by atoms with van der Waals surface area (Å²) in [5.41, 5.74) is 0.956. The van der Waals surface area contributed by atoms with E-state index in [4.69, 9.17) is 4.74 Å². The van der Waals surface area contributed by atoms with Crippen LogP contribution < -0.4 is 4.90 Å². The lowest BCUT2D eigenvalue weighted by Crippen LogP contribution is -2.36. The van der Waals surface area contributed by atoms with Gasteiger partial charge in [-0.05, 0) is 6.92 Å². The molecule has 1 aliphatic rings. The second kappa shape index (κ2) is 7.17. The van der Waals surface area contributed by atoms with Gasteiger partial charge < -0.3 is 9.64 Å². The summed E-state index contributed by atoms with van der Waals surface area (Å²) in [7, 11) is 0. The largest absolute Gasteiger partial charge is 0.378 e. The Kier molecular flexibility index (Phi) is 5.78. The molecule has 0 amide bonds. The molecule has 0 N–H and O–H groups in total. The van der Waals surface area contributed by atoms with Gasteiger partial charge in [-0.3, -0.25) is 4.98 Å². The Bertz CT molecular complexity index is 281. The van der Waals surface area contributed by atoms with Crippen molar-refractivity contribution in [3.05, 3.63) is 18.1 Å². The van der Waals surface area contributed by atoms with Crippen LogP contribution >= 0.6 is 0 Å². The van der Waals surface area contributed by atoms with Gasteiger partial charge in [0.2, 0.25) is 0 Å². The molecule has 0 radical (unpaired) electrons. The molecule has 1 aliphatic heterocycles. The SMILES string of the molecule is CCC.Cc1cnc(N2CCOCC2)cn1. The first-order chi connectivity index (χ1) is 7.77. The van der Waals surface area contributed by atoms with Gasteiger partial charge in [0.25, 0.3) is 0 Å². The first-order valence-corrected chi connectivity index (χ1v) is 5.89. The summed E-state index contributed by atoms with van der Waals surface area (Å²) in [6, 6.07) is 0. The molecule has 4 nitrogen and oxygen atoms in total. The number of morpholine rings is 1. The predicted octanol–water partition coefficient (Wildman–Crippen LogP) is 2.04. The number of hydrogen-bond acceptors (Lipinski definition) is 4. The smallest absolute Gasteiger partial charge is 0.147 e. The van der Waals surface area contributed by atoms with Crippen LogP contribution in [0.4, 0.5) is 5.82 Å². The fourth-order valence-electron chi connectivity index (χ4n) is 1.34. The molecule has 0 aromatic carbocycles. The molecule has 0 saturated carbocycles. The Morgan fingerprint density at radius 3 is 2.31 bits per heavy atom. The summed E-state index contributed by atoms with van der Waals surface area (Å²) >= 11 is 0. The molecule has 4 heteroatoms. The van der Waals surface area contributed by atoms with Crippen LogP contribution in [-0.2, 0) is 4.74 Å². The molecule has 0 unspecified atom stereocenters. The quantitative estimate of drug-likeness (QED) is 0.730. The number of rotatable bonds is 1. The van der Waals surface area contributed by atoms with Crippen molar-refractivity contribution in [1.29, 1.82) is 0 Å². The molecular weight excluding hydrogens is 202 g/mol. The Balaban J connectivity index is 0.000000386. The van der Waals surface area contributed by atoms with Crippen LogP contribution in [0.2, 0.25) is 0 Å². The standard InChI is InChI=1S/C9H13N3O.C3H8/c1-8-6-11-9(7-10-8)12-2-4-13-5-3-12;1-3-2/h6-7H,2-5H2,1H3;3H2,1-2H3. The van der Waals surface area contributed by atoms with Crippen molar-refractivity contribution < 1.29 is 4.74 Å². The lowest BCUT2D eigenvalue weighted by molar-refractivity contribution is 0.122. The molecule has 1 aromatic rings. The summed E-state index contributed by atoms with van der Waals surface area (Å²) in [5, 5.41) is 0. The highest BCUT2D eigenvalue weighted by Crippen LogP contribution is 2.10. The van der Waals surface area contributed by atoms with E-state index in [-0.39, 0.29) is 0 Å². The van der Waals surface area contributed by atoms with Gasteiger partial charge in [-0.15, -0.1) is 0 Å². The maximum atomic E-state index is 5.26. The molecule has 1 fully saturated rings. The summed E-state index contributed by atoms with van der Waals surface area (Å²) in [4.78, 5) is 10.7. The third-order valence-corrected chi connectivity index (χ3v) is 2.10. The van der Waals surface area contributed by atoms with E-state index >= 15 is 0 Å². The first kappa shape index (κ1) is 12.9. The molecule has 2 rings (SSSR count). The molecule has 0 bridgehead atoms. The number of aromatic nitrogens is 2. The highest BCUT2D eigenvalue weighted by molar-refractivity contribution is 5.35. The maximum Gasteiger partial charge on any atom is 0.147 e. The summed E-state index contributed by atoms with van der Waals surface area (Å²) in [6.45, 7) is 9.59. The van der Waals surface area contributed by atoms with Gasteiger partial charge in [-0.1, -0.05) is 20.3 Å². The minimum atomic E-state index is 0.787. The third-order valence-electron chi connectivity index (χ3n) is 2.10. The fourth-order valence-corrected chi connectivity index (χ4v) is 1.34. The molecule has 0 spiro atoms. The maximum absolute atomic E-state index is 5.26. The van der Waals surface area contributed by atoms with Gasteiger partial charge in [0.1, 0.15) is 5.82 Å². The van der Waals surface area contributed by atoms with Crippen molar-refractivity contribution >= 4 is 5.82 Å². The zero-order chi connectivity index (χ0) is 11.8. The second-order valence-corrected chi connectivity index (χ2v) is 3.82. The van der Waals surface area contributed by atoms with E-state index < -0.39 is 0 Å². The van der Waals surface area contributed by atoms with Gasteiger partial charge in [-0.2, -0.15) is 0 Å². The van der Waals surface area contributed by atoms with E-state index in [2.05, 4.69) is 28.7 Å². The molecule has 2 heterocycles. The van der Waals surface area contributed by atoms with Gasteiger partial charge in [0.15, 0.2) is 0 Å². The molecule has 0 atom stereocenters. The molecule has 16 heavy (non-hydrogen) atoms. The zero-order valence-corrected chi connectivity index (χ0v) is 10.4. The van der Waals surface area contributed by atoms with E-state index in [0.717, 1.165) is 37.8 Å². The van der Waals surface area contributed by atoms with E-state index in [1.165, 1.54) is 6.42 Å². The van der Waals surface area contributed by atoms with Crippen LogP contribution in [0.25, 0.3) is 0 Å². The fraction of sp³-hybridized carbons (Fsp3) is 0.667. The topological polar surface area (TPSA) is 38.2 Å². The Morgan fingerprint density at radius 2 is 1.81 bits per heavy atom. The Labute approximate surface area is 97.7 Å². The van der Waals surface area contributed by atoms with E-state index in [1.54, 1.807) is 6.20 Å². The number of anilines is 1. The second-order valence-electron chi connectivity index (χ2n) is 3.82. The Morgan fingerprint density at radius 1 is 1.19 bits per heavy atom. The van der Waals surface area contributed by atoms with Crippen LogP contribution in [0.1, 0.15) is 26.0 Å². The molecule has 1 saturated heterocycles. The van der Waals surface area contributed by atoms with Crippen LogP contribution in [0, 0.1) is 6.92 Å². The predicted molar refractivity (Wildman–Crippen MR) is 65.8 cm³/mol. The molecule has 0 aliphatic carbocycles. The molecular formula is C12H21N3O. The number of ether oxygens (including phenoxy) is 1. The average Bonchev–Trinajstić information content (AvgIpc) is 2.32. The first-order valence-electron chi connectivity index (χ1n) is 5.89.